The molecule has 3 aromatic carbocycles. The molecule has 316 valence electrons. The lowest BCUT2D eigenvalue weighted by atomic mass is 10.1. The molecule has 0 aliphatic carbocycles. The van der Waals surface area contributed by atoms with Crippen molar-refractivity contribution in [2.24, 2.45) is 0 Å². The van der Waals surface area contributed by atoms with Crippen molar-refractivity contribution in [2.45, 2.75) is 22.4 Å². The number of nitrogens with one attached hydrogen (secondary N) is 3. The monoisotopic (exact) mass is 904 g/mol. The third-order valence-corrected chi connectivity index (χ3v) is 13.8. The topological polar surface area (TPSA) is 207 Å². The fraction of sp³-hybridized carbons (Fsp3) is 0.278. The highest BCUT2D eigenvalue weighted by Crippen LogP contribution is 2.36. The zero-order valence-corrected chi connectivity index (χ0v) is 34.5. The zero-order chi connectivity index (χ0) is 42.7. The van der Waals surface area contributed by atoms with Crippen molar-refractivity contribution in [2.75, 3.05) is 76.5 Å². The van der Waals surface area contributed by atoms with E-state index in [0.717, 1.165) is 35.8 Å². The van der Waals surface area contributed by atoms with Crippen LogP contribution in [0.2, 0.25) is 0 Å². The van der Waals surface area contributed by atoms with Gasteiger partial charge in [0.2, 0.25) is 22.9 Å². The van der Waals surface area contributed by atoms with Gasteiger partial charge in [-0.1, -0.05) is 6.07 Å². The second-order valence-corrected chi connectivity index (χ2v) is 18.4. The molecule has 60 heavy (non-hydrogen) atoms. The first-order valence-corrected chi connectivity index (χ1v) is 22.7. The molecular formula is C36H35F3N10O7S4. The number of halogens is 3. The molecule has 24 heteroatoms. The number of carbonyl (C=O) groups is 3. The van der Waals surface area contributed by atoms with E-state index in [1.807, 2.05) is 0 Å². The van der Waals surface area contributed by atoms with E-state index in [1.165, 1.54) is 76.1 Å². The number of thiazole rings is 1. The largest absolute Gasteiger partial charge is 0.416 e. The minimum absolute atomic E-state index is 0.0164. The summed E-state index contributed by atoms with van der Waals surface area (Å²) < 4.78 is 97.3. The SMILES string of the molecule is O=C(CN1CCc2ccc(C(F)(F)F)cc21)N1CCN(c2ccc(S(=O)(=O)Nc3ncns3)cc2)C(=O)C1.O=C1CNCCN1c1ccc(S(=O)(=O)Nc2nccs2)cc1. The maximum Gasteiger partial charge on any atom is 0.416 e. The Bertz CT molecular complexity index is 2560. The van der Waals surface area contributed by atoms with Gasteiger partial charge in [-0.2, -0.15) is 17.5 Å². The van der Waals surface area contributed by atoms with E-state index in [2.05, 4.69) is 29.1 Å². The Labute approximate surface area is 350 Å². The van der Waals surface area contributed by atoms with Crippen LogP contribution >= 0.6 is 22.9 Å². The van der Waals surface area contributed by atoms with E-state index >= 15 is 0 Å². The van der Waals surface area contributed by atoms with Crippen molar-refractivity contribution in [3.05, 3.63) is 95.8 Å². The standard InChI is InChI=1S/C23H21F3N6O4S2.C13H14N4O3S2/c24-23(25,26)16-2-1-15-7-8-30(19(15)11-16)12-20(33)31-9-10-32(21(34)13-31)17-3-5-18(6-4-17)38(35,36)29-22-27-14-28-37-22;18-12-9-14-5-7-17(12)10-1-3-11(4-2-10)22(19,20)16-13-15-6-8-21-13/h1-6,11,14H,7-10,12-13H2,(H,27,28,29);1-4,6,8,14H,5,7,9H2,(H,15,16). The lowest BCUT2D eigenvalue weighted by molar-refractivity contribution is -0.137. The summed E-state index contributed by atoms with van der Waals surface area (Å²) in [7, 11) is -7.54. The van der Waals surface area contributed by atoms with Gasteiger partial charge in [0.25, 0.3) is 20.0 Å². The molecule has 17 nitrogen and oxygen atoms in total. The first-order valence-electron chi connectivity index (χ1n) is 18.0. The number of aromatic nitrogens is 3. The number of anilines is 5. The molecule has 0 radical (unpaired) electrons. The Morgan fingerprint density at radius 3 is 2.02 bits per heavy atom. The van der Waals surface area contributed by atoms with Crippen molar-refractivity contribution >= 4 is 88.0 Å². The fourth-order valence-corrected chi connectivity index (χ4v) is 9.99. The van der Waals surface area contributed by atoms with Gasteiger partial charge in [0.1, 0.15) is 12.9 Å². The number of fused-ring (bicyclic) bond motifs is 1. The van der Waals surface area contributed by atoms with E-state index in [0.29, 0.717) is 48.2 Å². The second kappa shape index (κ2) is 17.5. The molecule has 0 spiro atoms. The van der Waals surface area contributed by atoms with Gasteiger partial charge in [-0.15, -0.1) is 11.3 Å². The molecule has 2 fully saturated rings. The third-order valence-electron chi connectivity index (χ3n) is 9.55. The first kappa shape index (κ1) is 42.4. The van der Waals surface area contributed by atoms with Gasteiger partial charge in [-0.25, -0.2) is 26.8 Å². The Kier molecular flexibility index (Phi) is 12.4. The lowest BCUT2D eigenvalue weighted by Crippen LogP contribution is -2.54. The number of carbonyl (C=O) groups excluding carboxylic acids is 3. The first-order chi connectivity index (χ1) is 28.6. The van der Waals surface area contributed by atoms with E-state index in [1.54, 1.807) is 27.3 Å². The number of nitrogens with zero attached hydrogens (tertiary/aromatic N) is 7. The highest BCUT2D eigenvalue weighted by Gasteiger charge is 2.34. The molecule has 0 unspecified atom stereocenters. The molecule has 3 N–H and O–H groups in total. The average Bonchev–Trinajstić information content (AvgIpc) is 4.02. The molecule has 0 saturated carbocycles. The number of benzene rings is 3. The number of piperazine rings is 2. The van der Waals surface area contributed by atoms with Crippen molar-refractivity contribution in [1.29, 1.82) is 0 Å². The van der Waals surface area contributed by atoms with Crippen LogP contribution < -0.4 is 29.5 Å². The summed E-state index contributed by atoms with van der Waals surface area (Å²) in [6, 6.07) is 15.5. The summed E-state index contributed by atoms with van der Waals surface area (Å²) in [6.07, 6.45) is -1.18. The normalized spacial score (nSPS) is 16.0. The Hall–Kier alpha value is -5.69. The number of amides is 3. The van der Waals surface area contributed by atoms with Crippen molar-refractivity contribution in [3.63, 3.8) is 0 Å². The Balaban J connectivity index is 0.000000210. The number of sulfonamides is 2. The minimum Gasteiger partial charge on any atom is -0.362 e. The van der Waals surface area contributed by atoms with Crippen LogP contribution in [0.3, 0.4) is 0 Å². The molecule has 5 heterocycles. The van der Waals surface area contributed by atoms with Crippen molar-refractivity contribution in [1.82, 2.24) is 24.6 Å². The summed E-state index contributed by atoms with van der Waals surface area (Å²) in [6.45, 7) is 2.10. The van der Waals surface area contributed by atoms with Crippen molar-refractivity contribution < 1.29 is 44.4 Å². The molecule has 3 aliphatic heterocycles. The van der Waals surface area contributed by atoms with Gasteiger partial charge in [-0.3, -0.25) is 23.8 Å². The Morgan fingerprint density at radius 2 is 1.45 bits per heavy atom. The predicted molar refractivity (Wildman–Crippen MR) is 218 cm³/mol. The maximum absolute atomic E-state index is 13.1. The van der Waals surface area contributed by atoms with Gasteiger partial charge < -0.3 is 24.9 Å². The maximum atomic E-state index is 13.1. The van der Waals surface area contributed by atoms with E-state index in [9.17, 15) is 44.4 Å². The number of hydrogen-bond acceptors (Lipinski definition) is 14. The smallest absolute Gasteiger partial charge is 0.362 e. The van der Waals surface area contributed by atoms with Gasteiger partial charge in [0, 0.05) is 72.9 Å². The molecule has 0 bridgehead atoms. The van der Waals surface area contributed by atoms with E-state index in [-0.39, 0.29) is 58.8 Å². The summed E-state index contributed by atoms with van der Waals surface area (Å²) >= 11 is 2.11. The van der Waals surface area contributed by atoms with Crippen LogP contribution in [-0.4, -0.2) is 106 Å². The molecule has 2 saturated heterocycles. The molecule has 3 aliphatic rings. The highest BCUT2D eigenvalue weighted by atomic mass is 32.2. The van der Waals surface area contributed by atoms with E-state index < -0.39 is 31.8 Å². The number of hydrogen-bond donors (Lipinski definition) is 3. The fourth-order valence-electron chi connectivity index (χ4n) is 6.54. The summed E-state index contributed by atoms with van der Waals surface area (Å²) in [5.41, 5.74) is 1.53. The summed E-state index contributed by atoms with van der Waals surface area (Å²) in [4.78, 5) is 51.5. The van der Waals surface area contributed by atoms with Crippen LogP contribution in [0, 0.1) is 0 Å². The number of alkyl halides is 3. The average molecular weight is 905 g/mol. The number of rotatable bonds is 10. The molecule has 2 aromatic heterocycles. The van der Waals surface area contributed by atoms with Crippen LogP contribution in [0.5, 0.6) is 0 Å². The quantitative estimate of drug-likeness (QED) is 0.184. The molecular weight excluding hydrogens is 870 g/mol. The molecule has 8 rings (SSSR count). The van der Waals surface area contributed by atoms with Crippen LogP contribution in [0.15, 0.2) is 94.4 Å². The van der Waals surface area contributed by atoms with Gasteiger partial charge in [0.15, 0.2) is 5.13 Å². The van der Waals surface area contributed by atoms with Gasteiger partial charge in [-0.05, 0) is 72.6 Å². The molecule has 3 amide bonds. The second-order valence-electron chi connectivity index (χ2n) is 13.4. The van der Waals surface area contributed by atoms with Crippen molar-refractivity contribution in [3.8, 4) is 0 Å². The van der Waals surface area contributed by atoms with Gasteiger partial charge in [0.05, 0.1) is 28.4 Å². The molecule has 0 atom stereocenters. The van der Waals surface area contributed by atoms with Crippen LogP contribution in [-0.2, 0) is 47.0 Å². The molecule has 5 aromatic rings. The highest BCUT2D eigenvalue weighted by molar-refractivity contribution is 7.93. The minimum atomic E-state index is -4.48. The zero-order valence-electron chi connectivity index (χ0n) is 31.2. The Morgan fingerprint density at radius 1 is 0.800 bits per heavy atom. The lowest BCUT2D eigenvalue weighted by Gasteiger charge is -2.35. The summed E-state index contributed by atoms with van der Waals surface area (Å²) in [5, 5.41) is 5.13. The van der Waals surface area contributed by atoms with E-state index in [4.69, 9.17) is 0 Å². The van der Waals surface area contributed by atoms with Crippen LogP contribution in [0.25, 0.3) is 0 Å². The van der Waals surface area contributed by atoms with Gasteiger partial charge >= 0.3 is 6.18 Å². The van der Waals surface area contributed by atoms with Crippen LogP contribution in [0.1, 0.15) is 11.1 Å². The predicted octanol–water partition coefficient (Wildman–Crippen LogP) is 3.48. The third kappa shape index (κ3) is 9.84. The van der Waals surface area contributed by atoms with Crippen LogP contribution in [0.4, 0.5) is 40.5 Å². The summed E-state index contributed by atoms with van der Waals surface area (Å²) in [5.74, 6) is -0.733.